The number of nitrogens with one attached hydrogen (secondary N) is 2. The van der Waals surface area contributed by atoms with Crippen LogP contribution in [0.25, 0.3) is 11.1 Å². The summed E-state index contributed by atoms with van der Waals surface area (Å²) < 4.78 is 5.56. The van der Waals surface area contributed by atoms with Crippen LogP contribution in [0.15, 0.2) is 48.5 Å². The number of benzene rings is 2. The molecule has 34 heavy (non-hydrogen) atoms. The molecule has 7 heteroatoms. The molecule has 1 unspecified atom stereocenters. The number of ether oxygens (including phenoxy) is 1. The van der Waals surface area contributed by atoms with E-state index in [1.54, 1.807) is 13.8 Å². The molecular formula is C27H34N2O5. The average Bonchev–Trinajstić information content (AvgIpc) is 3.13. The fourth-order valence-electron chi connectivity index (χ4n) is 4.17. The maximum absolute atomic E-state index is 12.4. The minimum atomic E-state index is -1.00. The van der Waals surface area contributed by atoms with Crippen LogP contribution in [-0.4, -0.2) is 42.8 Å². The highest BCUT2D eigenvalue weighted by molar-refractivity contribution is 5.80. The van der Waals surface area contributed by atoms with Crippen LogP contribution in [0.3, 0.4) is 0 Å². The van der Waals surface area contributed by atoms with Crippen LogP contribution in [-0.2, 0) is 14.3 Å². The lowest BCUT2D eigenvalue weighted by atomic mass is 9.86. The number of hydrogen-bond donors (Lipinski definition) is 3. The second kappa shape index (κ2) is 10.3. The third kappa shape index (κ3) is 5.76. The van der Waals surface area contributed by atoms with Crippen molar-refractivity contribution in [3.8, 4) is 11.1 Å². The number of carboxylic acid groups (broad SMARTS) is 1. The van der Waals surface area contributed by atoms with Gasteiger partial charge in [0.25, 0.3) is 0 Å². The van der Waals surface area contributed by atoms with Gasteiger partial charge in [0.1, 0.15) is 6.61 Å². The maximum atomic E-state index is 12.4. The van der Waals surface area contributed by atoms with Gasteiger partial charge in [0.05, 0.1) is 5.41 Å². The second-order valence-electron chi connectivity index (χ2n) is 10.0. The summed E-state index contributed by atoms with van der Waals surface area (Å²) in [5.74, 6) is -1.20. The molecular weight excluding hydrogens is 432 g/mol. The van der Waals surface area contributed by atoms with Crippen LogP contribution < -0.4 is 10.6 Å². The van der Waals surface area contributed by atoms with Crippen molar-refractivity contribution in [1.29, 1.82) is 0 Å². The number of amides is 2. The molecule has 0 saturated carbocycles. The Balaban J connectivity index is 1.49. The van der Waals surface area contributed by atoms with Crippen LogP contribution in [0.1, 0.15) is 57.6 Å². The molecule has 0 aliphatic heterocycles. The minimum absolute atomic E-state index is 0.0148. The van der Waals surface area contributed by atoms with Crippen molar-refractivity contribution >= 4 is 18.0 Å². The van der Waals surface area contributed by atoms with E-state index in [-0.39, 0.29) is 37.9 Å². The van der Waals surface area contributed by atoms with E-state index in [2.05, 4.69) is 34.9 Å². The van der Waals surface area contributed by atoms with Crippen LogP contribution in [0.2, 0.25) is 0 Å². The summed E-state index contributed by atoms with van der Waals surface area (Å²) in [4.78, 5) is 36.2. The molecule has 0 saturated heterocycles. The third-order valence-electron chi connectivity index (χ3n) is 6.67. The van der Waals surface area contributed by atoms with E-state index < -0.39 is 22.9 Å². The Labute approximate surface area is 200 Å². The third-order valence-corrected chi connectivity index (χ3v) is 6.67. The molecule has 1 atom stereocenters. The number of alkyl carbamates (subject to hydrolysis) is 1. The lowest BCUT2D eigenvalue weighted by Crippen LogP contribution is -2.43. The molecule has 0 aromatic heterocycles. The molecule has 2 amide bonds. The summed E-state index contributed by atoms with van der Waals surface area (Å²) in [6.45, 7) is 7.67. The zero-order valence-corrected chi connectivity index (χ0v) is 20.3. The Bertz CT molecular complexity index is 1020. The van der Waals surface area contributed by atoms with Gasteiger partial charge < -0.3 is 20.5 Å². The summed E-state index contributed by atoms with van der Waals surface area (Å²) in [6, 6.07) is 16.3. The molecule has 0 heterocycles. The first-order chi connectivity index (χ1) is 16.1. The summed E-state index contributed by atoms with van der Waals surface area (Å²) in [6.07, 6.45) is 0.0329. The summed E-state index contributed by atoms with van der Waals surface area (Å²) in [5, 5.41) is 14.8. The van der Waals surface area contributed by atoms with Crippen LogP contribution in [0, 0.1) is 10.8 Å². The molecule has 3 N–H and O–H groups in total. The first-order valence-corrected chi connectivity index (χ1v) is 11.7. The second-order valence-corrected chi connectivity index (χ2v) is 10.0. The molecule has 0 bridgehead atoms. The predicted octanol–water partition coefficient (Wildman–Crippen LogP) is 4.56. The van der Waals surface area contributed by atoms with Crippen molar-refractivity contribution in [1.82, 2.24) is 10.6 Å². The van der Waals surface area contributed by atoms with Crippen LogP contribution in [0.4, 0.5) is 4.79 Å². The topological polar surface area (TPSA) is 105 Å². The molecule has 1 aliphatic carbocycles. The fourth-order valence-corrected chi connectivity index (χ4v) is 4.17. The first kappa shape index (κ1) is 25.3. The van der Waals surface area contributed by atoms with Gasteiger partial charge in [-0.2, -0.15) is 0 Å². The van der Waals surface area contributed by atoms with E-state index in [9.17, 15) is 19.5 Å². The molecule has 1 aliphatic rings. The van der Waals surface area contributed by atoms with Gasteiger partial charge in [-0.15, -0.1) is 0 Å². The van der Waals surface area contributed by atoms with Crippen molar-refractivity contribution in [3.05, 3.63) is 59.7 Å². The first-order valence-electron chi connectivity index (χ1n) is 11.7. The van der Waals surface area contributed by atoms with Gasteiger partial charge in [0.2, 0.25) is 5.91 Å². The zero-order valence-electron chi connectivity index (χ0n) is 20.3. The van der Waals surface area contributed by atoms with Crippen molar-refractivity contribution in [2.75, 3.05) is 19.7 Å². The summed E-state index contributed by atoms with van der Waals surface area (Å²) >= 11 is 0. The van der Waals surface area contributed by atoms with Gasteiger partial charge in [0, 0.05) is 25.4 Å². The quantitative estimate of drug-likeness (QED) is 0.476. The van der Waals surface area contributed by atoms with Gasteiger partial charge >= 0.3 is 12.1 Å². The van der Waals surface area contributed by atoms with Crippen molar-refractivity contribution < 1.29 is 24.2 Å². The smallest absolute Gasteiger partial charge is 0.407 e. The maximum Gasteiger partial charge on any atom is 0.407 e. The SMILES string of the molecule is CCC(C)(CNC(=O)CC(C)(C)CNC(=O)OCC1c2ccccc2-c2ccccc21)C(=O)O. The Morgan fingerprint density at radius 2 is 1.47 bits per heavy atom. The van der Waals surface area contributed by atoms with E-state index in [1.807, 2.05) is 38.1 Å². The fraction of sp³-hybridized carbons (Fsp3) is 0.444. The lowest BCUT2D eigenvalue weighted by molar-refractivity contribution is -0.148. The summed E-state index contributed by atoms with van der Waals surface area (Å²) in [5.41, 5.74) is 3.10. The zero-order chi connectivity index (χ0) is 24.9. The molecule has 7 nitrogen and oxygen atoms in total. The van der Waals surface area contributed by atoms with Gasteiger partial charge in [-0.05, 0) is 41.0 Å². The highest BCUT2D eigenvalue weighted by Crippen LogP contribution is 2.44. The number of rotatable bonds is 10. The molecule has 0 spiro atoms. The van der Waals surface area contributed by atoms with Gasteiger partial charge in [-0.1, -0.05) is 69.3 Å². The Hall–Kier alpha value is -3.35. The summed E-state index contributed by atoms with van der Waals surface area (Å²) in [7, 11) is 0. The van der Waals surface area contributed by atoms with E-state index in [0.717, 1.165) is 11.1 Å². The average molecular weight is 467 g/mol. The number of hydrogen-bond acceptors (Lipinski definition) is 4. The van der Waals surface area contributed by atoms with Crippen LogP contribution in [0.5, 0.6) is 0 Å². The Morgan fingerprint density at radius 3 is 2.00 bits per heavy atom. The molecule has 0 fully saturated rings. The van der Waals surface area contributed by atoms with E-state index in [1.165, 1.54) is 11.1 Å². The number of aliphatic carboxylic acids is 1. The van der Waals surface area contributed by atoms with E-state index >= 15 is 0 Å². The lowest BCUT2D eigenvalue weighted by Gasteiger charge is -2.27. The molecule has 182 valence electrons. The highest BCUT2D eigenvalue weighted by Gasteiger charge is 2.33. The van der Waals surface area contributed by atoms with Gasteiger partial charge in [0.15, 0.2) is 0 Å². The monoisotopic (exact) mass is 466 g/mol. The number of carbonyl (C=O) groups excluding carboxylic acids is 2. The van der Waals surface area contributed by atoms with Crippen molar-refractivity contribution in [3.63, 3.8) is 0 Å². The molecule has 2 aromatic carbocycles. The van der Waals surface area contributed by atoms with E-state index in [4.69, 9.17) is 4.74 Å². The number of carbonyl (C=O) groups is 3. The number of carboxylic acids is 1. The van der Waals surface area contributed by atoms with Crippen molar-refractivity contribution in [2.45, 2.75) is 46.5 Å². The highest BCUT2D eigenvalue weighted by atomic mass is 16.5. The van der Waals surface area contributed by atoms with Crippen LogP contribution >= 0.6 is 0 Å². The Kier molecular flexibility index (Phi) is 7.64. The minimum Gasteiger partial charge on any atom is -0.481 e. The normalized spacial score (nSPS) is 14.5. The predicted molar refractivity (Wildman–Crippen MR) is 131 cm³/mol. The molecule has 3 rings (SSSR count). The Morgan fingerprint density at radius 1 is 0.912 bits per heavy atom. The van der Waals surface area contributed by atoms with E-state index in [0.29, 0.717) is 6.42 Å². The molecule has 0 radical (unpaired) electrons. The largest absolute Gasteiger partial charge is 0.481 e. The molecule has 2 aromatic rings. The number of fused-ring (bicyclic) bond motifs is 3. The standard InChI is InChI=1S/C27H34N2O5/c1-5-27(4,24(31)32)17-28-23(30)14-26(2,3)16-29-25(33)34-15-22-20-12-8-6-10-18(20)19-11-7-9-13-21(19)22/h6-13,22H,5,14-17H2,1-4H3,(H,28,30)(H,29,33)(H,31,32). The van der Waals surface area contributed by atoms with Crippen molar-refractivity contribution in [2.24, 2.45) is 10.8 Å². The van der Waals surface area contributed by atoms with Gasteiger partial charge in [-0.3, -0.25) is 9.59 Å². The van der Waals surface area contributed by atoms with Gasteiger partial charge in [-0.25, -0.2) is 4.79 Å².